The predicted molar refractivity (Wildman–Crippen MR) is 57.9 cm³/mol. The van der Waals surface area contributed by atoms with Gasteiger partial charge in [-0.3, -0.25) is 0 Å². The Morgan fingerprint density at radius 3 is 2.14 bits per heavy atom. The molecule has 2 heteroatoms. The van der Waals surface area contributed by atoms with Crippen LogP contribution in [0.4, 0.5) is 0 Å². The molecule has 2 N–H and O–H groups in total. The van der Waals surface area contributed by atoms with Crippen LogP contribution in [-0.2, 0) is 17.8 Å². The molecule has 0 heterocycles. The average molecular weight is 191 g/mol. The minimum Gasteiger partial charge on any atom is -0.326 e. The molecule has 0 amide bonds. The lowest BCUT2D eigenvalue weighted by Gasteiger charge is -2.16. The van der Waals surface area contributed by atoms with Crippen LogP contribution >= 0.6 is 0 Å². The van der Waals surface area contributed by atoms with Crippen molar-refractivity contribution in [3.63, 3.8) is 0 Å². The van der Waals surface area contributed by atoms with E-state index in [-0.39, 0.29) is 5.41 Å². The SMILES string of the molecule is CC(C)(C=O)Cc1ccc(CN)cc1. The first-order valence-corrected chi connectivity index (χ1v) is 4.81. The molecule has 0 aliphatic heterocycles. The number of nitrogens with two attached hydrogens (primary N) is 1. The van der Waals surface area contributed by atoms with Gasteiger partial charge < -0.3 is 10.5 Å². The molecule has 0 saturated heterocycles. The molecule has 14 heavy (non-hydrogen) atoms. The fraction of sp³-hybridized carbons (Fsp3) is 0.417. The molecule has 0 spiro atoms. The van der Waals surface area contributed by atoms with Gasteiger partial charge in [0, 0.05) is 12.0 Å². The molecule has 0 saturated carbocycles. The summed E-state index contributed by atoms with van der Waals surface area (Å²) in [6.45, 7) is 4.45. The van der Waals surface area contributed by atoms with E-state index in [1.807, 2.05) is 38.1 Å². The Labute approximate surface area is 85.1 Å². The van der Waals surface area contributed by atoms with E-state index in [2.05, 4.69) is 0 Å². The number of hydrogen-bond donors (Lipinski definition) is 1. The fourth-order valence-corrected chi connectivity index (χ4v) is 1.36. The van der Waals surface area contributed by atoms with E-state index >= 15 is 0 Å². The highest BCUT2D eigenvalue weighted by Gasteiger charge is 2.16. The molecule has 0 aromatic heterocycles. The molecule has 2 nitrogen and oxygen atoms in total. The van der Waals surface area contributed by atoms with Crippen LogP contribution in [0.3, 0.4) is 0 Å². The van der Waals surface area contributed by atoms with Crippen molar-refractivity contribution >= 4 is 6.29 Å². The summed E-state index contributed by atoms with van der Waals surface area (Å²) >= 11 is 0. The maximum Gasteiger partial charge on any atom is 0.125 e. The molecule has 1 rings (SSSR count). The van der Waals surface area contributed by atoms with E-state index in [4.69, 9.17) is 5.73 Å². The summed E-state index contributed by atoms with van der Waals surface area (Å²) in [6, 6.07) is 8.09. The molecule has 0 radical (unpaired) electrons. The minimum atomic E-state index is -0.274. The van der Waals surface area contributed by atoms with Gasteiger partial charge in [0.2, 0.25) is 0 Å². The molecule has 0 atom stereocenters. The van der Waals surface area contributed by atoms with Gasteiger partial charge in [0.15, 0.2) is 0 Å². The molecular formula is C12H17NO. The predicted octanol–water partition coefficient (Wildman–Crippen LogP) is 1.91. The lowest BCUT2D eigenvalue weighted by Crippen LogP contribution is -2.16. The smallest absolute Gasteiger partial charge is 0.125 e. The molecule has 0 aliphatic carbocycles. The van der Waals surface area contributed by atoms with E-state index < -0.39 is 0 Å². The van der Waals surface area contributed by atoms with Gasteiger partial charge in [0.1, 0.15) is 6.29 Å². The van der Waals surface area contributed by atoms with Gasteiger partial charge in [0.05, 0.1) is 0 Å². The Morgan fingerprint density at radius 2 is 1.71 bits per heavy atom. The van der Waals surface area contributed by atoms with Gasteiger partial charge in [-0.2, -0.15) is 0 Å². The molecule has 1 aromatic rings. The minimum absolute atomic E-state index is 0.274. The fourth-order valence-electron chi connectivity index (χ4n) is 1.36. The maximum atomic E-state index is 10.7. The third-order valence-electron chi connectivity index (χ3n) is 2.24. The molecule has 0 aliphatic rings. The lowest BCUT2D eigenvalue weighted by atomic mass is 9.87. The van der Waals surface area contributed by atoms with Gasteiger partial charge in [-0.05, 0) is 17.5 Å². The standard InChI is InChI=1S/C12H17NO/c1-12(2,9-14)7-10-3-5-11(8-13)6-4-10/h3-6,9H,7-8,13H2,1-2H3. The van der Waals surface area contributed by atoms with Crippen LogP contribution in [0.5, 0.6) is 0 Å². The van der Waals surface area contributed by atoms with Crippen molar-refractivity contribution in [2.45, 2.75) is 26.8 Å². The summed E-state index contributed by atoms with van der Waals surface area (Å²) in [5, 5.41) is 0. The highest BCUT2D eigenvalue weighted by Crippen LogP contribution is 2.19. The van der Waals surface area contributed by atoms with Crippen LogP contribution in [0.25, 0.3) is 0 Å². The van der Waals surface area contributed by atoms with Crippen LogP contribution in [-0.4, -0.2) is 6.29 Å². The van der Waals surface area contributed by atoms with Crippen LogP contribution < -0.4 is 5.73 Å². The number of carbonyl (C=O) groups excluding carboxylic acids is 1. The second-order valence-corrected chi connectivity index (χ2v) is 4.30. The van der Waals surface area contributed by atoms with E-state index in [1.54, 1.807) is 0 Å². The quantitative estimate of drug-likeness (QED) is 0.739. The van der Waals surface area contributed by atoms with E-state index in [9.17, 15) is 4.79 Å². The Kier molecular flexibility index (Phi) is 3.42. The number of rotatable bonds is 4. The van der Waals surface area contributed by atoms with Crippen molar-refractivity contribution in [3.8, 4) is 0 Å². The Bertz CT molecular complexity index is 301. The van der Waals surface area contributed by atoms with E-state index in [1.165, 1.54) is 5.56 Å². The Morgan fingerprint density at radius 1 is 1.21 bits per heavy atom. The van der Waals surface area contributed by atoms with Gasteiger partial charge in [-0.1, -0.05) is 38.1 Å². The molecular weight excluding hydrogens is 174 g/mol. The Hall–Kier alpha value is -1.15. The Balaban J connectivity index is 2.73. The first-order valence-electron chi connectivity index (χ1n) is 4.81. The van der Waals surface area contributed by atoms with E-state index in [0.29, 0.717) is 6.54 Å². The van der Waals surface area contributed by atoms with Gasteiger partial charge >= 0.3 is 0 Å². The average Bonchev–Trinajstić information content (AvgIpc) is 2.19. The summed E-state index contributed by atoms with van der Waals surface area (Å²) in [6.07, 6.45) is 1.78. The van der Waals surface area contributed by atoms with Gasteiger partial charge in [-0.25, -0.2) is 0 Å². The first-order chi connectivity index (χ1) is 6.57. The molecule has 0 fully saturated rings. The third-order valence-corrected chi connectivity index (χ3v) is 2.24. The number of carbonyl (C=O) groups is 1. The third kappa shape index (κ3) is 2.96. The normalized spacial score (nSPS) is 11.4. The maximum absolute atomic E-state index is 10.7. The largest absolute Gasteiger partial charge is 0.326 e. The number of aldehydes is 1. The van der Waals surface area contributed by atoms with Gasteiger partial charge in [0.25, 0.3) is 0 Å². The van der Waals surface area contributed by atoms with Crippen molar-refractivity contribution in [1.82, 2.24) is 0 Å². The first kappa shape index (κ1) is 10.9. The molecule has 0 unspecified atom stereocenters. The van der Waals surface area contributed by atoms with Crippen LogP contribution in [0.15, 0.2) is 24.3 Å². The zero-order valence-electron chi connectivity index (χ0n) is 8.79. The second-order valence-electron chi connectivity index (χ2n) is 4.30. The zero-order valence-corrected chi connectivity index (χ0v) is 8.79. The van der Waals surface area contributed by atoms with Gasteiger partial charge in [-0.15, -0.1) is 0 Å². The molecule has 0 bridgehead atoms. The zero-order chi connectivity index (χ0) is 10.6. The van der Waals surface area contributed by atoms with Crippen molar-refractivity contribution in [1.29, 1.82) is 0 Å². The summed E-state index contributed by atoms with van der Waals surface area (Å²) in [4.78, 5) is 10.7. The van der Waals surface area contributed by atoms with Crippen molar-refractivity contribution in [2.75, 3.05) is 0 Å². The second kappa shape index (κ2) is 4.38. The van der Waals surface area contributed by atoms with Crippen LogP contribution in [0.1, 0.15) is 25.0 Å². The van der Waals surface area contributed by atoms with Crippen molar-refractivity contribution in [2.24, 2.45) is 11.1 Å². The topological polar surface area (TPSA) is 43.1 Å². The monoisotopic (exact) mass is 191 g/mol. The summed E-state index contributed by atoms with van der Waals surface area (Å²) < 4.78 is 0. The highest BCUT2D eigenvalue weighted by molar-refractivity contribution is 5.58. The number of benzene rings is 1. The molecule has 76 valence electrons. The van der Waals surface area contributed by atoms with E-state index in [0.717, 1.165) is 18.3 Å². The van der Waals surface area contributed by atoms with Crippen molar-refractivity contribution < 1.29 is 4.79 Å². The lowest BCUT2D eigenvalue weighted by molar-refractivity contribution is -0.114. The highest BCUT2D eigenvalue weighted by atomic mass is 16.1. The summed E-state index contributed by atoms with van der Waals surface area (Å²) in [5.41, 5.74) is 7.53. The molecule has 1 aromatic carbocycles. The summed E-state index contributed by atoms with van der Waals surface area (Å²) in [7, 11) is 0. The number of hydrogen-bond acceptors (Lipinski definition) is 2. The van der Waals surface area contributed by atoms with Crippen molar-refractivity contribution in [3.05, 3.63) is 35.4 Å². The van der Waals surface area contributed by atoms with Crippen LogP contribution in [0, 0.1) is 5.41 Å². The van der Waals surface area contributed by atoms with Crippen LogP contribution in [0.2, 0.25) is 0 Å². The summed E-state index contributed by atoms with van der Waals surface area (Å²) in [5.74, 6) is 0.